The number of ether oxygens (including phenoxy) is 2. The Labute approximate surface area is 158 Å². The Morgan fingerprint density at radius 3 is 2.85 bits per heavy atom. The molecule has 3 aromatic rings. The van der Waals surface area contributed by atoms with Gasteiger partial charge in [-0.1, -0.05) is 6.07 Å². The van der Waals surface area contributed by atoms with Gasteiger partial charge in [0.1, 0.15) is 4.83 Å². The van der Waals surface area contributed by atoms with E-state index in [1.54, 1.807) is 34.4 Å². The Morgan fingerprint density at radius 1 is 1.26 bits per heavy atom. The molecule has 142 valence electrons. The number of benzene rings is 1. The van der Waals surface area contributed by atoms with Crippen molar-refractivity contribution in [2.75, 3.05) is 7.11 Å². The Hall–Kier alpha value is -2.48. The second-order valence-corrected chi connectivity index (χ2v) is 7.52. The molecule has 0 bridgehead atoms. The summed E-state index contributed by atoms with van der Waals surface area (Å²) in [6.45, 7) is -2.65. The van der Waals surface area contributed by atoms with Crippen molar-refractivity contribution in [3.8, 4) is 11.5 Å². The van der Waals surface area contributed by atoms with Crippen molar-refractivity contribution < 1.29 is 18.3 Å². The number of alkyl halides is 2. The molecule has 0 spiro atoms. The lowest BCUT2D eigenvalue weighted by Gasteiger charge is -2.12. The van der Waals surface area contributed by atoms with Crippen LogP contribution in [0.3, 0.4) is 0 Å². The predicted octanol–water partition coefficient (Wildman–Crippen LogP) is 4.00. The molecule has 0 aliphatic heterocycles. The van der Waals surface area contributed by atoms with E-state index in [1.807, 2.05) is 0 Å². The quantitative estimate of drug-likeness (QED) is 0.659. The zero-order chi connectivity index (χ0) is 19.0. The zero-order valence-electron chi connectivity index (χ0n) is 14.7. The van der Waals surface area contributed by atoms with E-state index < -0.39 is 6.61 Å². The van der Waals surface area contributed by atoms with Crippen LogP contribution < -0.4 is 15.0 Å². The van der Waals surface area contributed by atoms with Crippen LogP contribution in [0.4, 0.5) is 8.78 Å². The summed E-state index contributed by atoms with van der Waals surface area (Å²) in [5, 5.41) is 0.724. The second-order valence-electron chi connectivity index (χ2n) is 6.43. The molecule has 0 radical (unpaired) electrons. The fraction of sp³-hybridized carbons (Fsp3) is 0.368. The molecule has 1 aliphatic carbocycles. The van der Waals surface area contributed by atoms with Crippen LogP contribution in [-0.2, 0) is 19.4 Å². The molecular formula is C19H18F2N2O3S. The summed E-state index contributed by atoms with van der Waals surface area (Å²) in [4.78, 5) is 19.5. The minimum Gasteiger partial charge on any atom is -0.493 e. The lowest BCUT2D eigenvalue weighted by atomic mass is 9.97. The number of rotatable bonds is 5. The van der Waals surface area contributed by atoms with Crippen LogP contribution in [0.1, 0.15) is 28.8 Å². The van der Waals surface area contributed by atoms with Crippen molar-refractivity contribution in [3.05, 3.63) is 50.9 Å². The van der Waals surface area contributed by atoms with Gasteiger partial charge in [-0.3, -0.25) is 9.36 Å². The smallest absolute Gasteiger partial charge is 0.387 e. The van der Waals surface area contributed by atoms with Crippen LogP contribution in [0.5, 0.6) is 11.5 Å². The van der Waals surface area contributed by atoms with E-state index in [0.29, 0.717) is 0 Å². The molecule has 0 unspecified atom stereocenters. The first-order valence-electron chi connectivity index (χ1n) is 8.68. The summed E-state index contributed by atoms with van der Waals surface area (Å²) in [7, 11) is 1.38. The van der Waals surface area contributed by atoms with Crippen molar-refractivity contribution in [1.82, 2.24) is 9.55 Å². The maximum Gasteiger partial charge on any atom is 0.387 e. The molecule has 0 fully saturated rings. The van der Waals surface area contributed by atoms with E-state index in [1.165, 1.54) is 18.1 Å². The number of thiophene rings is 1. The van der Waals surface area contributed by atoms with Crippen LogP contribution in [0.2, 0.25) is 0 Å². The summed E-state index contributed by atoms with van der Waals surface area (Å²) in [5.74, 6) is 0.159. The second kappa shape index (κ2) is 7.26. The lowest BCUT2D eigenvalue weighted by molar-refractivity contribution is -0.0512. The van der Waals surface area contributed by atoms with Gasteiger partial charge in [-0.25, -0.2) is 4.98 Å². The van der Waals surface area contributed by atoms with E-state index in [-0.39, 0.29) is 23.6 Å². The van der Waals surface area contributed by atoms with Crippen LogP contribution in [-0.4, -0.2) is 23.3 Å². The van der Waals surface area contributed by atoms with E-state index in [4.69, 9.17) is 4.74 Å². The molecule has 5 nitrogen and oxygen atoms in total. The lowest BCUT2D eigenvalue weighted by Crippen LogP contribution is -2.21. The third-order valence-electron chi connectivity index (χ3n) is 4.74. The number of hydrogen-bond acceptors (Lipinski definition) is 5. The number of nitrogens with zero attached hydrogens (tertiary/aromatic N) is 2. The van der Waals surface area contributed by atoms with Gasteiger partial charge in [-0.15, -0.1) is 11.3 Å². The van der Waals surface area contributed by atoms with Crippen molar-refractivity contribution in [1.29, 1.82) is 0 Å². The van der Waals surface area contributed by atoms with Gasteiger partial charge in [0.15, 0.2) is 11.5 Å². The zero-order valence-corrected chi connectivity index (χ0v) is 15.5. The molecule has 4 rings (SSSR count). The fourth-order valence-electron chi connectivity index (χ4n) is 3.49. The Kier molecular flexibility index (Phi) is 4.82. The van der Waals surface area contributed by atoms with Crippen molar-refractivity contribution in [2.45, 2.75) is 38.8 Å². The highest BCUT2D eigenvalue weighted by atomic mass is 32.1. The first kappa shape index (κ1) is 17.9. The minimum absolute atomic E-state index is 0.0379. The van der Waals surface area contributed by atoms with Crippen LogP contribution in [0.25, 0.3) is 10.2 Å². The Bertz CT molecular complexity index is 1050. The number of fused-ring (bicyclic) bond motifs is 3. The first-order valence-corrected chi connectivity index (χ1v) is 9.50. The van der Waals surface area contributed by atoms with Gasteiger partial charge in [0, 0.05) is 4.88 Å². The molecule has 1 aromatic carbocycles. The third kappa shape index (κ3) is 3.41. The van der Waals surface area contributed by atoms with Crippen molar-refractivity contribution >= 4 is 21.6 Å². The normalized spacial score (nSPS) is 13.8. The molecule has 0 atom stereocenters. The maximum absolute atomic E-state index is 13.0. The van der Waals surface area contributed by atoms with E-state index in [9.17, 15) is 13.6 Å². The fourth-order valence-corrected chi connectivity index (χ4v) is 4.71. The van der Waals surface area contributed by atoms with Gasteiger partial charge in [0.25, 0.3) is 5.56 Å². The number of halogens is 2. The van der Waals surface area contributed by atoms with E-state index in [0.717, 1.165) is 47.0 Å². The van der Waals surface area contributed by atoms with Gasteiger partial charge < -0.3 is 9.47 Å². The molecule has 2 aromatic heterocycles. The number of aryl methyl sites for hydroxylation is 2. The molecule has 8 heteroatoms. The summed E-state index contributed by atoms with van der Waals surface area (Å²) in [6.07, 6.45) is 5.72. The summed E-state index contributed by atoms with van der Waals surface area (Å²) in [6, 6.07) is 4.65. The van der Waals surface area contributed by atoms with Gasteiger partial charge in [-0.05, 0) is 48.9 Å². The van der Waals surface area contributed by atoms with Crippen LogP contribution >= 0.6 is 11.3 Å². The highest BCUT2D eigenvalue weighted by Crippen LogP contribution is 2.33. The molecule has 27 heavy (non-hydrogen) atoms. The number of methoxy groups -OCH3 is 1. The summed E-state index contributed by atoms with van der Waals surface area (Å²) in [5.41, 5.74) is 1.82. The number of hydrogen-bond donors (Lipinski definition) is 0. The molecule has 0 saturated heterocycles. The van der Waals surface area contributed by atoms with E-state index >= 15 is 0 Å². The van der Waals surface area contributed by atoms with E-state index in [2.05, 4.69) is 9.72 Å². The summed E-state index contributed by atoms with van der Waals surface area (Å²) >= 11 is 1.61. The SMILES string of the molecule is COc1cc(Cn2cnc3sc4c(c3c2=O)CCCC4)ccc1OC(F)F. The maximum atomic E-state index is 13.0. The molecule has 0 N–H and O–H groups in total. The topological polar surface area (TPSA) is 53.4 Å². The number of aromatic nitrogens is 2. The first-order chi connectivity index (χ1) is 13.1. The molecular weight excluding hydrogens is 374 g/mol. The van der Waals surface area contributed by atoms with Crippen molar-refractivity contribution in [3.63, 3.8) is 0 Å². The predicted molar refractivity (Wildman–Crippen MR) is 99.3 cm³/mol. The highest BCUT2D eigenvalue weighted by molar-refractivity contribution is 7.18. The van der Waals surface area contributed by atoms with Crippen LogP contribution in [0.15, 0.2) is 29.3 Å². The average Bonchev–Trinajstić information content (AvgIpc) is 3.04. The van der Waals surface area contributed by atoms with Gasteiger partial charge in [0.2, 0.25) is 0 Å². The van der Waals surface area contributed by atoms with Crippen molar-refractivity contribution in [2.24, 2.45) is 0 Å². The molecule has 0 saturated carbocycles. The Balaban J connectivity index is 1.69. The average molecular weight is 392 g/mol. The minimum atomic E-state index is -2.93. The molecule has 2 heterocycles. The Morgan fingerprint density at radius 2 is 2.07 bits per heavy atom. The molecule has 0 amide bonds. The van der Waals surface area contributed by atoms with Gasteiger partial charge >= 0.3 is 6.61 Å². The molecule has 1 aliphatic rings. The van der Waals surface area contributed by atoms with Crippen LogP contribution in [0, 0.1) is 0 Å². The largest absolute Gasteiger partial charge is 0.493 e. The van der Waals surface area contributed by atoms with Gasteiger partial charge in [0.05, 0.1) is 25.4 Å². The van der Waals surface area contributed by atoms with Gasteiger partial charge in [-0.2, -0.15) is 8.78 Å². The third-order valence-corrected chi connectivity index (χ3v) is 5.94. The standard InChI is InChI=1S/C19H18F2N2O3S/c1-25-14-8-11(6-7-13(14)26-19(20)21)9-23-10-22-17-16(18(23)24)12-4-2-3-5-15(12)27-17/h6-8,10,19H,2-5,9H2,1H3. The summed E-state index contributed by atoms with van der Waals surface area (Å²) < 4.78 is 36.0. The highest BCUT2D eigenvalue weighted by Gasteiger charge is 2.20. The monoisotopic (exact) mass is 392 g/mol.